The Bertz CT molecular complexity index is 1190. The first-order chi connectivity index (χ1) is 17.4. The van der Waals surface area contributed by atoms with E-state index in [1.54, 1.807) is 25.3 Å². The molecule has 8 nitrogen and oxygen atoms in total. The summed E-state index contributed by atoms with van der Waals surface area (Å²) in [4.78, 5) is 29.6. The standard InChI is InChI=1S/C28H32N6O2/c1-18(27(35)33-16-19-4-6-22(7-5-19)26(29)30)34-28(36)25-15-23(12-14-32-25)20-8-10-21(11-9-20)24-3-2-13-31-17-24/h2-11,13,17-18,23,25,32H,12,14-16H2,1H3,(H3,29,30)(H,33,35)(H,34,36)/t18-,23-,25+/m0/s1. The van der Waals surface area contributed by atoms with E-state index in [2.05, 4.69) is 45.2 Å². The maximum Gasteiger partial charge on any atom is 0.242 e. The third-order valence-corrected chi connectivity index (χ3v) is 6.58. The number of nitrogen functional groups attached to an aromatic ring is 1. The number of amidine groups is 1. The quantitative estimate of drug-likeness (QED) is 0.248. The van der Waals surface area contributed by atoms with E-state index in [1.165, 1.54) is 5.56 Å². The monoisotopic (exact) mass is 484 g/mol. The molecule has 6 N–H and O–H groups in total. The first-order valence-corrected chi connectivity index (χ1v) is 12.2. The number of hydrogen-bond donors (Lipinski definition) is 5. The molecule has 186 valence electrons. The first kappa shape index (κ1) is 25.1. The molecule has 36 heavy (non-hydrogen) atoms. The zero-order valence-corrected chi connectivity index (χ0v) is 20.3. The van der Waals surface area contributed by atoms with Gasteiger partial charge in [0.05, 0.1) is 6.04 Å². The fraction of sp³-hybridized carbons (Fsp3) is 0.286. The van der Waals surface area contributed by atoms with E-state index < -0.39 is 6.04 Å². The molecule has 0 spiro atoms. The zero-order chi connectivity index (χ0) is 25.5. The van der Waals surface area contributed by atoms with Gasteiger partial charge in [0, 0.05) is 24.5 Å². The van der Waals surface area contributed by atoms with Crippen molar-refractivity contribution in [1.82, 2.24) is 20.9 Å². The Morgan fingerprint density at radius 1 is 1.11 bits per heavy atom. The van der Waals surface area contributed by atoms with Crippen molar-refractivity contribution in [2.75, 3.05) is 6.54 Å². The molecule has 3 aromatic rings. The number of nitrogens with two attached hydrogens (primary N) is 1. The van der Waals surface area contributed by atoms with Crippen molar-refractivity contribution in [3.05, 3.63) is 89.7 Å². The second kappa shape index (κ2) is 11.6. The van der Waals surface area contributed by atoms with Crippen LogP contribution in [0.25, 0.3) is 11.1 Å². The number of amides is 2. The van der Waals surface area contributed by atoms with Gasteiger partial charge in [-0.25, -0.2) is 0 Å². The lowest BCUT2D eigenvalue weighted by Crippen LogP contribution is -2.53. The number of piperidine rings is 1. The number of carbonyl (C=O) groups is 2. The van der Waals surface area contributed by atoms with E-state index in [0.29, 0.717) is 18.5 Å². The third kappa shape index (κ3) is 6.34. The Morgan fingerprint density at radius 2 is 1.86 bits per heavy atom. The number of pyridine rings is 1. The maximum atomic E-state index is 12.9. The van der Waals surface area contributed by atoms with Gasteiger partial charge in [0.15, 0.2) is 0 Å². The molecule has 0 aliphatic carbocycles. The highest BCUT2D eigenvalue weighted by molar-refractivity contribution is 5.95. The van der Waals surface area contributed by atoms with Crippen molar-refractivity contribution in [2.45, 2.75) is 44.3 Å². The van der Waals surface area contributed by atoms with Gasteiger partial charge in [-0.15, -0.1) is 0 Å². The van der Waals surface area contributed by atoms with Crippen molar-refractivity contribution in [3.8, 4) is 11.1 Å². The van der Waals surface area contributed by atoms with E-state index in [-0.39, 0.29) is 29.6 Å². The highest BCUT2D eigenvalue weighted by atomic mass is 16.2. The maximum absolute atomic E-state index is 12.9. The van der Waals surface area contributed by atoms with Gasteiger partial charge in [-0.2, -0.15) is 0 Å². The Labute approximate surface area is 211 Å². The zero-order valence-electron chi connectivity index (χ0n) is 20.3. The molecule has 0 saturated carbocycles. The lowest BCUT2D eigenvalue weighted by atomic mass is 9.85. The molecule has 0 bridgehead atoms. The summed E-state index contributed by atoms with van der Waals surface area (Å²) in [6, 6.07) is 18.5. The van der Waals surface area contributed by atoms with Gasteiger partial charge >= 0.3 is 0 Å². The number of benzene rings is 2. The predicted molar refractivity (Wildman–Crippen MR) is 140 cm³/mol. The molecule has 0 radical (unpaired) electrons. The lowest BCUT2D eigenvalue weighted by molar-refractivity contribution is -0.130. The molecule has 1 aromatic heterocycles. The van der Waals surface area contributed by atoms with Gasteiger partial charge in [0.1, 0.15) is 11.9 Å². The highest BCUT2D eigenvalue weighted by Gasteiger charge is 2.29. The average molecular weight is 485 g/mol. The summed E-state index contributed by atoms with van der Waals surface area (Å²) in [6.07, 6.45) is 5.24. The molecule has 4 rings (SSSR count). The Kier molecular flexibility index (Phi) is 8.07. The van der Waals surface area contributed by atoms with Crippen LogP contribution in [0.2, 0.25) is 0 Å². The fourth-order valence-corrected chi connectivity index (χ4v) is 4.43. The predicted octanol–water partition coefficient (Wildman–Crippen LogP) is 2.69. The Balaban J connectivity index is 1.28. The van der Waals surface area contributed by atoms with Crippen molar-refractivity contribution in [1.29, 1.82) is 5.41 Å². The molecular weight excluding hydrogens is 452 g/mol. The van der Waals surface area contributed by atoms with Crippen LogP contribution in [0.15, 0.2) is 73.1 Å². The van der Waals surface area contributed by atoms with Gasteiger partial charge in [0.25, 0.3) is 0 Å². The molecular formula is C28H32N6O2. The summed E-state index contributed by atoms with van der Waals surface area (Å²) < 4.78 is 0. The molecule has 1 aliphatic rings. The van der Waals surface area contributed by atoms with Crippen LogP contribution in [0.1, 0.15) is 42.4 Å². The Hall–Kier alpha value is -4.04. The van der Waals surface area contributed by atoms with Crippen LogP contribution in [0.4, 0.5) is 0 Å². The number of nitrogens with zero attached hydrogens (tertiary/aromatic N) is 1. The largest absolute Gasteiger partial charge is 0.384 e. The lowest BCUT2D eigenvalue weighted by Gasteiger charge is -2.30. The summed E-state index contributed by atoms with van der Waals surface area (Å²) in [7, 11) is 0. The van der Waals surface area contributed by atoms with E-state index in [1.807, 2.05) is 30.5 Å². The first-order valence-electron chi connectivity index (χ1n) is 12.2. The summed E-state index contributed by atoms with van der Waals surface area (Å²) in [6.45, 7) is 2.75. The van der Waals surface area contributed by atoms with E-state index in [4.69, 9.17) is 11.1 Å². The molecule has 0 unspecified atom stereocenters. The van der Waals surface area contributed by atoms with Crippen LogP contribution >= 0.6 is 0 Å². The molecule has 3 atom stereocenters. The minimum Gasteiger partial charge on any atom is -0.384 e. The van der Waals surface area contributed by atoms with Crippen LogP contribution in [-0.2, 0) is 16.1 Å². The van der Waals surface area contributed by atoms with Gasteiger partial charge in [0.2, 0.25) is 11.8 Å². The average Bonchev–Trinajstić information content (AvgIpc) is 2.92. The van der Waals surface area contributed by atoms with Crippen LogP contribution in [0.3, 0.4) is 0 Å². The van der Waals surface area contributed by atoms with E-state index in [9.17, 15) is 9.59 Å². The molecule has 1 saturated heterocycles. The minimum absolute atomic E-state index is 0.00207. The molecule has 2 amide bonds. The van der Waals surface area contributed by atoms with Crippen molar-refractivity contribution < 1.29 is 9.59 Å². The van der Waals surface area contributed by atoms with Crippen molar-refractivity contribution >= 4 is 17.6 Å². The van der Waals surface area contributed by atoms with E-state index >= 15 is 0 Å². The van der Waals surface area contributed by atoms with Crippen molar-refractivity contribution in [2.24, 2.45) is 5.73 Å². The molecule has 1 fully saturated rings. The summed E-state index contributed by atoms with van der Waals surface area (Å²) >= 11 is 0. The Morgan fingerprint density at radius 3 is 2.53 bits per heavy atom. The van der Waals surface area contributed by atoms with Crippen LogP contribution < -0.4 is 21.7 Å². The smallest absolute Gasteiger partial charge is 0.242 e. The fourth-order valence-electron chi connectivity index (χ4n) is 4.43. The van der Waals surface area contributed by atoms with Crippen LogP contribution in [0, 0.1) is 5.41 Å². The molecule has 2 heterocycles. The highest BCUT2D eigenvalue weighted by Crippen LogP contribution is 2.29. The summed E-state index contributed by atoms with van der Waals surface area (Å²) in [5.74, 6) is -0.147. The second-order valence-corrected chi connectivity index (χ2v) is 9.15. The third-order valence-electron chi connectivity index (χ3n) is 6.58. The number of aromatic nitrogens is 1. The van der Waals surface area contributed by atoms with Crippen LogP contribution in [0.5, 0.6) is 0 Å². The summed E-state index contributed by atoms with van der Waals surface area (Å²) in [5, 5.41) is 16.4. The summed E-state index contributed by atoms with van der Waals surface area (Å²) in [5.41, 5.74) is 10.4. The van der Waals surface area contributed by atoms with Gasteiger partial charge < -0.3 is 21.7 Å². The van der Waals surface area contributed by atoms with Crippen LogP contribution in [-0.4, -0.2) is 41.3 Å². The second-order valence-electron chi connectivity index (χ2n) is 9.15. The number of carbonyl (C=O) groups excluding carboxylic acids is 2. The van der Waals surface area contributed by atoms with Crippen molar-refractivity contribution in [3.63, 3.8) is 0 Å². The SMILES string of the molecule is C[C@H](NC(=O)[C@H]1C[C@@H](c2ccc(-c3cccnc3)cc2)CCN1)C(=O)NCc1ccc(C(=N)N)cc1. The number of nitrogens with one attached hydrogen (secondary N) is 4. The topological polar surface area (TPSA) is 133 Å². The van der Waals surface area contributed by atoms with Gasteiger partial charge in [-0.3, -0.25) is 20.0 Å². The molecule has 8 heteroatoms. The van der Waals surface area contributed by atoms with Gasteiger partial charge in [-0.05, 0) is 60.5 Å². The number of hydrogen-bond acceptors (Lipinski definition) is 5. The van der Waals surface area contributed by atoms with E-state index in [0.717, 1.165) is 29.7 Å². The minimum atomic E-state index is -0.657. The van der Waals surface area contributed by atoms with Gasteiger partial charge in [-0.1, -0.05) is 54.6 Å². The number of rotatable bonds is 8. The molecule has 1 aliphatic heterocycles. The molecule has 2 aromatic carbocycles. The normalized spacial score (nSPS) is 18.1.